The largest absolute Gasteiger partial charge is 0.525 e. The number of likely N-dealkylation sites (N-methyl/N-ethyl adjacent to an activating group) is 1. The van der Waals surface area contributed by atoms with Crippen LogP contribution in [0.5, 0.6) is 0 Å². The summed E-state index contributed by atoms with van der Waals surface area (Å²) in [6, 6.07) is 9.46. The summed E-state index contributed by atoms with van der Waals surface area (Å²) < 4.78 is 32.8. The van der Waals surface area contributed by atoms with Crippen molar-refractivity contribution in [1.82, 2.24) is 19.9 Å². The summed E-state index contributed by atoms with van der Waals surface area (Å²) in [6.45, 7) is 8.39. The third-order valence-electron chi connectivity index (χ3n) is 5.50. The van der Waals surface area contributed by atoms with E-state index >= 15 is 0 Å². The molecule has 0 radical (unpaired) electrons. The van der Waals surface area contributed by atoms with Crippen LogP contribution in [-0.2, 0) is 27.2 Å². The van der Waals surface area contributed by atoms with E-state index in [1.807, 2.05) is 58.0 Å². The number of hydrogen-bond acceptors (Lipinski definition) is 6. The SMILES string of the molecule is CN(CCn1cc(C=C(F)B2OC(C)(C)C(C)(C)O2)nn1)C(=O)OCc1ccccc1. The molecule has 166 valence electrons. The van der Waals surface area contributed by atoms with Gasteiger partial charge < -0.3 is 18.9 Å². The van der Waals surface area contributed by atoms with Crippen LogP contribution in [0.4, 0.5) is 9.18 Å². The van der Waals surface area contributed by atoms with Crippen LogP contribution < -0.4 is 0 Å². The van der Waals surface area contributed by atoms with Crippen LogP contribution in [-0.4, -0.2) is 57.9 Å². The highest BCUT2D eigenvalue weighted by Gasteiger charge is 2.53. The van der Waals surface area contributed by atoms with Gasteiger partial charge in [0.2, 0.25) is 0 Å². The Balaban J connectivity index is 1.49. The van der Waals surface area contributed by atoms with Gasteiger partial charge >= 0.3 is 13.2 Å². The molecule has 0 saturated carbocycles. The Kier molecular flexibility index (Phi) is 6.81. The van der Waals surface area contributed by atoms with Crippen LogP contribution in [0.3, 0.4) is 0 Å². The van der Waals surface area contributed by atoms with Crippen LogP contribution in [0.2, 0.25) is 0 Å². The molecule has 0 spiro atoms. The number of halogens is 1. The van der Waals surface area contributed by atoms with Gasteiger partial charge in [-0.1, -0.05) is 35.5 Å². The second-order valence-corrected chi connectivity index (χ2v) is 8.49. The zero-order chi connectivity index (χ0) is 22.6. The molecular formula is C21H28BFN4O4. The van der Waals surface area contributed by atoms with E-state index in [4.69, 9.17) is 14.0 Å². The number of ether oxygens (including phenoxy) is 1. The first-order valence-electron chi connectivity index (χ1n) is 10.1. The van der Waals surface area contributed by atoms with Crippen molar-refractivity contribution < 1.29 is 23.2 Å². The molecule has 0 bridgehead atoms. The van der Waals surface area contributed by atoms with Gasteiger partial charge in [0.05, 0.1) is 23.9 Å². The van der Waals surface area contributed by atoms with Gasteiger partial charge in [-0.25, -0.2) is 9.18 Å². The Morgan fingerprint density at radius 1 is 1.23 bits per heavy atom. The first-order valence-corrected chi connectivity index (χ1v) is 10.1. The van der Waals surface area contributed by atoms with Gasteiger partial charge in [-0.05, 0) is 39.3 Å². The van der Waals surface area contributed by atoms with Crippen molar-refractivity contribution in [1.29, 1.82) is 0 Å². The Morgan fingerprint density at radius 2 is 1.87 bits per heavy atom. The van der Waals surface area contributed by atoms with E-state index in [2.05, 4.69) is 10.3 Å². The quantitative estimate of drug-likeness (QED) is 0.626. The lowest BCUT2D eigenvalue weighted by atomic mass is 9.87. The van der Waals surface area contributed by atoms with E-state index in [0.29, 0.717) is 18.8 Å². The van der Waals surface area contributed by atoms with E-state index in [1.54, 1.807) is 13.2 Å². The fourth-order valence-corrected chi connectivity index (χ4v) is 2.83. The van der Waals surface area contributed by atoms with Gasteiger partial charge in [-0.2, -0.15) is 0 Å². The molecule has 0 aliphatic carbocycles. The first kappa shape index (κ1) is 23.0. The number of aromatic nitrogens is 3. The minimum Gasteiger partial charge on any atom is -0.445 e. The molecule has 1 aromatic carbocycles. The van der Waals surface area contributed by atoms with Crippen LogP contribution in [0, 0.1) is 0 Å². The average molecular weight is 430 g/mol. The standard InChI is InChI=1S/C21H28BFN4O4/c1-20(2)21(3,4)31-22(30-20)18(23)13-17-14-27(25-24-17)12-11-26(5)19(28)29-15-16-9-7-6-8-10-16/h6-10,13-14H,11-12,15H2,1-5H3. The summed E-state index contributed by atoms with van der Waals surface area (Å²) in [4.78, 5) is 13.6. The van der Waals surface area contributed by atoms with E-state index in [-0.39, 0.29) is 6.61 Å². The number of amides is 1. The van der Waals surface area contributed by atoms with Crippen molar-refractivity contribution in [3.05, 3.63) is 53.5 Å². The monoisotopic (exact) mass is 430 g/mol. The lowest BCUT2D eigenvalue weighted by Gasteiger charge is -2.32. The maximum absolute atomic E-state index is 14.6. The molecule has 1 aromatic heterocycles. The Bertz CT molecular complexity index is 916. The van der Waals surface area contributed by atoms with E-state index in [0.717, 1.165) is 5.56 Å². The van der Waals surface area contributed by atoms with Gasteiger partial charge in [0.15, 0.2) is 0 Å². The molecule has 8 nitrogen and oxygen atoms in total. The molecule has 3 rings (SSSR count). The lowest BCUT2D eigenvalue weighted by Crippen LogP contribution is -2.41. The molecule has 31 heavy (non-hydrogen) atoms. The second-order valence-electron chi connectivity index (χ2n) is 8.49. The van der Waals surface area contributed by atoms with Crippen molar-refractivity contribution in [2.24, 2.45) is 0 Å². The maximum atomic E-state index is 14.6. The Labute approximate surface area is 182 Å². The predicted molar refractivity (Wildman–Crippen MR) is 114 cm³/mol. The summed E-state index contributed by atoms with van der Waals surface area (Å²) in [5.41, 5.74) is -0.574. The molecule has 0 atom stereocenters. The summed E-state index contributed by atoms with van der Waals surface area (Å²) in [5.74, 6) is 0. The second kappa shape index (κ2) is 9.19. The highest BCUT2D eigenvalue weighted by atomic mass is 19.1. The third kappa shape index (κ3) is 5.71. The van der Waals surface area contributed by atoms with Crippen molar-refractivity contribution in [3.8, 4) is 0 Å². The fraction of sp³-hybridized carbons (Fsp3) is 0.476. The molecule has 1 saturated heterocycles. The van der Waals surface area contributed by atoms with Crippen molar-refractivity contribution >= 4 is 19.3 Å². The molecule has 2 heterocycles. The van der Waals surface area contributed by atoms with E-state index in [9.17, 15) is 9.18 Å². The molecular weight excluding hydrogens is 402 g/mol. The molecule has 1 amide bonds. The van der Waals surface area contributed by atoms with Crippen LogP contribution in [0.1, 0.15) is 39.0 Å². The lowest BCUT2D eigenvalue weighted by molar-refractivity contribution is 0.00578. The molecule has 1 fully saturated rings. The number of benzene rings is 1. The molecule has 1 aliphatic heterocycles. The van der Waals surface area contributed by atoms with Crippen molar-refractivity contribution in [2.75, 3.05) is 13.6 Å². The normalized spacial score (nSPS) is 17.6. The van der Waals surface area contributed by atoms with Gasteiger partial charge in [0, 0.05) is 13.6 Å². The number of carbonyl (C=O) groups is 1. The van der Waals surface area contributed by atoms with Gasteiger partial charge in [-0.15, -0.1) is 5.10 Å². The van der Waals surface area contributed by atoms with Gasteiger partial charge in [0.25, 0.3) is 0 Å². The smallest absolute Gasteiger partial charge is 0.445 e. The van der Waals surface area contributed by atoms with Crippen LogP contribution >= 0.6 is 0 Å². The highest BCUT2D eigenvalue weighted by Crippen LogP contribution is 2.38. The number of hydrogen-bond donors (Lipinski definition) is 0. The summed E-state index contributed by atoms with van der Waals surface area (Å²) in [6.07, 6.45) is 2.40. The van der Waals surface area contributed by atoms with Gasteiger partial charge in [-0.3, -0.25) is 4.68 Å². The van der Waals surface area contributed by atoms with Crippen molar-refractivity contribution in [2.45, 2.75) is 52.0 Å². The minimum atomic E-state index is -1.08. The van der Waals surface area contributed by atoms with E-state index in [1.165, 1.54) is 15.7 Å². The van der Waals surface area contributed by atoms with Gasteiger partial charge in [0.1, 0.15) is 18.0 Å². The molecule has 1 aliphatic rings. The Hall–Kier alpha value is -2.72. The highest BCUT2D eigenvalue weighted by molar-refractivity contribution is 6.54. The molecule has 10 heteroatoms. The number of nitrogens with zero attached hydrogens (tertiary/aromatic N) is 4. The topological polar surface area (TPSA) is 78.7 Å². The maximum Gasteiger partial charge on any atom is 0.525 e. The summed E-state index contributed by atoms with van der Waals surface area (Å²) in [5, 5.41) is 7.92. The Morgan fingerprint density at radius 3 is 2.52 bits per heavy atom. The summed E-state index contributed by atoms with van der Waals surface area (Å²) in [7, 11) is 0.559. The fourth-order valence-electron chi connectivity index (χ4n) is 2.83. The molecule has 2 aromatic rings. The van der Waals surface area contributed by atoms with E-state index < -0.39 is 30.1 Å². The van der Waals surface area contributed by atoms with Crippen LogP contribution in [0.25, 0.3) is 6.08 Å². The van der Waals surface area contributed by atoms with Crippen LogP contribution in [0.15, 0.2) is 42.3 Å². The predicted octanol–water partition coefficient (Wildman–Crippen LogP) is 3.49. The summed E-state index contributed by atoms with van der Waals surface area (Å²) >= 11 is 0. The zero-order valence-corrected chi connectivity index (χ0v) is 18.5. The zero-order valence-electron chi connectivity index (χ0n) is 18.5. The number of carbonyl (C=O) groups excluding carboxylic acids is 1. The first-order chi connectivity index (χ1) is 14.6. The number of rotatable bonds is 7. The average Bonchev–Trinajstić information content (AvgIpc) is 3.25. The molecule has 0 N–H and O–H groups in total. The van der Waals surface area contributed by atoms with Crippen molar-refractivity contribution in [3.63, 3.8) is 0 Å². The molecule has 0 unspecified atom stereocenters. The minimum absolute atomic E-state index is 0.209. The third-order valence-corrected chi connectivity index (χ3v) is 5.50.